The number of allylic oxidation sites excluding steroid dienone is 1. The lowest BCUT2D eigenvalue weighted by atomic mass is 9.99. The Morgan fingerprint density at radius 3 is 2.50 bits per heavy atom. The van der Waals surface area contributed by atoms with Gasteiger partial charge in [0.2, 0.25) is 0 Å². The predicted molar refractivity (Wildman–Crippen MR) is 78.6 cm³/mol. The molecule has 2 fully saturated rings. The van der Waals surface area contributed by atoms with Gasteiger partial charge >= 0.3 is 0 Å². The fraction of sp³-hybridized carbons (Fsp3) is 0.500. The van der Waals surface area contributed by atoms with Gasteiger partial charge in [0.1, 0.15) is 0 Å². The third-order valence-electron chi connectivity index (χ3n) is 4.41. The SMILES string of the molecule is O=S1C2C=C(c3ccc(C4OCCO4)cc3)CC1CC2. The van der Waals surface area contributed by atoms with E-state index in [1.807, 2.05) is 0 Å². The second-order valence-corrected chi connectivity index (χ2v) is 7.59. The van der Waals surface area contributed by atoms with E-state index < -0.39 is 10.8 Å². The van der Waals surface area contributed by atoms with Crippen molar-refractivity contribution < 1.29 is 13.7 Å². The molecule has 20 heavy (non-hydrogen) atoms. The van der Waals surface area contributed by atoms with Gasteiger partial charge in [-0.3, -0.25) is 4.21 Å². The maximum atomic E-state index is 12.0. The van der Waals surface area contributed by atoms with Gasteiger partial charge in [0, 0.05) is 21.6 Å². The monoisotopic (exact) mass is 290 g/mol. The highest BCUT2D eigenvalue weighted by Crippen LogP contribution is 2.38. The van der Waals surface area contributed by atoms with Gasteiger partial charge in [-0.05, 0) is 30.4 Å². The fourth-order valence-electron chi connectivity index (χ4n) is 3.32. The van der Waals surface area contributed by atoms with Crippen LogP contribution < -0.4 is 0 Å². The van der Waals surface area contributed by atoms with Crippen molar-refractivity contribution in [2.24, 2.45) is 0 Å². The number of rotatable bonds is 2. The van der Waals surface area contributed by atoms with Crippen molar-refractivity contribution in [3.8, 4) is 0 Å². The second kappa shape index (κ2) is 5.10. The van der Waals surface area contributed by atoms with Gasteiger partial charge in [0.05, 0.1) is 18.5 Å². The largest absolute Gasteiger partial charge is 0.346 e. The molecule has 4 rings (SSSR count). The van der Waals surface area contributed by atoms with Crippen LogP contribution >= 0.6 is 0 Å². The molecule has 3 heterocycles. The van der Waals surface area contributed by atoms with Crippen molar-refractivity contribution >= 4 is 16.4 Å². The van der Waals surface area contributed by atoms with E-state index in [2.05, 4.69) is 30.3 Å². The van der Waals surface area contributed by atoms with E-state index in [9.17, 15) is 4.21 Å². The van der Waals surface area contributed by atoms with Crippen LogP contribution in [0.25, 0.3) is 5.57 Å². The van der Waals surface area contributed by atoms with E-state index in [-0.39, 0.29) is 11.5 Å². The zero-order chi connectivity index (χ0) is 13.5. The number of fused-ring (bicyclic) bond motifs is 2. The van der Waals surface area contributed by atoms with Crippen LogP contribution in [0.5, 0.6) is 0 Å². The van der Waals surface area contributed by atoms with Crippen molar-refractivity contribution in [1.82, 2.24) is 0 Å². The molecule has 3 nitrogen and oxygen atoms in total. The molecule has 2 saturated heterocycles. The minimum absolute atomic E-state index is 0.201. The standard InChI is InChI=1S/C16H18O3S/c17-20-14-5-6-15(20)10-13(9-14)11-1-3-12(4-2-11)16-18-7-8-19-16/h1-4,9,14-16H,5-8,10H2. The van der Waals surface area contributed by atoms with E-state index in [0.29, 0.717) is 18.5 Å². The number of ether oxygens (including phenoxy) is 2. The molecule has 0 spiro atoms. The molecule has 1 aromatic rings. The molecule has 3 aliphatic heterocycles. The molecule has 4 heteroatoms. The molecule has 3 aliphatic rings. The van der Waals surface area contributed by atoms with Gasteiger partial charge in [-0.2, -0.15) is 0 Å². The van der Waals surface area contributed by atoms with Crippen molar-refractivity contribution in [2.45, 2.75) is 36.1 Å². The average Bonchev–Trinajstić information content (AvgIpc) is 3.06. The van der Waals surface area contributed by atoms with Crippen molar-refractivity contribution in [2.75, 3.05) is 13.2 Å². The molecule has 0 aliphatic carbocycles. The molecule has 0 aromatic heterocycles. The Morgan fingerprint density at radius 2 is 1.80 bits per heavy atom. The maximum absolute atomic E-state index is 12.0. The van der Waals surface area contributed by atoms with Crippen LogP contribution in [0.4, 0.5) is 0 Å². The summed E-state index contributed by atoms with van der Waals surface area (Å²) in [7, 11) is -0.636. The summed E-state index contributed by atoms with van der Waals surface area (Å²) in [6.07, 6.45) is 5.19. The van der Waals surface area contributed by atoms with Gasteiger partial charge < -0.3 is 9.47 Å². The Bertz CT molecular complexity index is 558. The molecular weight excluding hydrogens is 272 g/mol. The van der Waals surface area contributed by atoms with Crippen LogP contribution in [0.1, 0.15) is 36.7 Å². The van der Waals surface area contributed by atoms with E-state index in [1.54, 1.807) is 0 Å². The Kier molecular flexibility index (Phi) is 3.25. The highest BCUT2D eigenvalue weighted by atomic mass is 32.2. The van der Waals surface area contributed by atoms with E-state index in [0.717, 1.165) is 24.8 Å². The molecule has 106 valence electrons. The highest BCUT2D eigenvalue weighted by molar-refractivity contribution is 7.86. The second-order valence-electron chi connectivity index (χ2n) is 5.66. The molecule has 1 aromatic carbocycles. The van der Waals surface area contributed by atoms with Crippen molar-refractivity contribution in [1.29, 1.82) is 0 Å². The summed E-state index contributed by atoms with van der Waals surface area (Å²) in [5.41, 5.74) is 3.69. The first kappa shape index (κ1) is 12.7. The molecular formula is C16H18O3S. The van der Waals surface area contributed by atoms with Crippen LogP contribution in [0.3, 0.4) is 0 Å². The fourth-order valence-corrected chi connectivity index (χ4v) is 5.19. The summed E-state index contributed by atoms with van der Waals surface area (Å²) in [5.74, 6) is 0. The molecule has 2 bridgehead atoms. The van der Waals surface area contributed by atoms with Crippen molar-refractivity contribution in [3.05, 3.63) is 41.5 Å². The first-order valence-electron chi connectivity index (χ1n) is 7.25. The van der Waals surface area contributed by atoms with Crippen LogP contribution in [0, 0.1) is 0 Å². The molecule has 0 N–H and O–H groups in total. The summed E-state index contributed by atoms with van der Waals surface area (Å²) >= 11 is 0. The van der Waals surface area contributed by atoms with E-state index in [4.69, 9.17) is 9.47 Å². The van der Waals surface area contributed by atoms with Crippen LogP contribution in [-0.2, 0) is 20.3 Å². The number of benzene rings is 1. The summed E-state index contributed by atoms with van der Waals surface area (Å²) in [6, 6.07) is 8.44. The number of hydrogen-bond donors (Lipinski definition) is 0. The summed E-state index contributed by atoms with van der Waals surface area (Å²) in [5, 5.41) is 0.658. The van der Waals surface area contributed by atoms with Gasteiger partial charge in [-0.15, -0.1) is 0 Å². The predicted octanol–water partition coefficient (Wildman–Crippen LogP) is 2.80. The van der Waals surface area contributed by atoms with Crippen molar-refractivity contribution in [3.63, 3.8) is 0 Å². The van der Waals surface area contributed by atoms with Crippen LogP contribution in [0.15, 0.2) is 30.3 Å². The minimum atomic E-state index is -0.636. The lowest BCUT2D eigenvalue weighted by molar-refractivity contribution is -0.0441. The molecule has 0 saturated carbocycles. The Balaban J connectivity index is 1.57. The van der Waals surface area contributed by atoms with E-state index in [1.165, 1.54) is 11.1 Å². The zero-order valence-electron chi connectivity index (χ0n) is 11.3. The molecule has 3 unspecified atom stereocenters. The highest BCUT2D eigenvalue weighted by Gasteiger charge is 2.36. The first-order valence-corrected chi connectivity index (χ1v) is 8.52. The van der Waals surface area contributed by atoms with Gasteiger partial charge in [-0.25, -0.2) is 0 Å². The zero-order valence-corrected chi connectivity index (χ0v) is 12.1. The smallest absolute Gasteiger partial charge is 0.184 e. The minimum Gasteiger partial charge on any atom is -0.346 e. The van der Waals surface area contributed by atoms with E-state index >= 15 is 0 Å². The Morgan fingerprint density at radius 1 is 1.05 bits per heavy atom. The van der Waals surface area contributed by atoms with Crippen LogP contribution in [-0.4, -0.2) is 27.9 Å². The lowest BCUT2D eigenvalue weighted by Gasteiger charge is -2.20. The molecule has 3 atom stereocenters. The van der Waals surface area contributed by atoms with Gasteiger partial charge in [0.15, 0.2) is 6.29 Å². The summed E-state index contributed by atoms with van der Waals surface area (Å²) in [4.78, 5) is 0. The summed E-state index contributed by atoms with van der Waals surface area (Å²) in [6.45, 7) is 1.35. The lowest BCUT2D eigenvalue weighted by Crippen LogP contribution is -2.19. The Labute approximate surface area is 121 Å². The summed E-state index contributed by atoms with van der Waals surface area (Å²) < 4.78 is 23.0. The van der Waals surface area contributed by atoms with Crippen LogP contribution in [0.2, 0.25) is 0 Å². The Hall–Kier alpha value is -0.970. The molecule has 0 radical (unpaired) electrons. The number of hydrogen-bond acceptors (Lipinski definition) is 3. The normalized spacial score (nSPS) is 33.4. The third-order valence-corrected chi connectivity index (χ3v) is 6.44. The first-order chi connectivity index (χ1) is 9.81. The van der Waals surface area contributed by atoms with Gasteiger partial charge in [0.25, 0.3) is 0 Å². The third kappa shape index (κ3) is 2.16. The average molecular weight is 290 g/mol. The molecule has 0 amide bonds. The van der Waals surface area contributed by atoms with Gasteiger partial charge in [-0.1, -0.05) is 30.3 Å². The topological polar surface area (TPSA) is 35.5 Å². The maximum Gasteiger partial charge on any atom is 0.184 e. The quantitative estimate of drug-likeness (QED) is 0.840.